The first-order chi connectivity index (χ1) is 13.6. The van der Waals surface area contributed by atoms with Gasteiger partial charge in [-0.25, -0.2) is 0 Å². The van der Waals surface area contributed by atoms with Gasteiger partial charge in [0.25, 0.3) is 5.91 Å². The van der Waals surface area contributed by atoms with Crippen LogP contribution in [0.1, 0.15) is 67.9 Å². The normalized spacial score (nSPS) is 18.7. The van der Waals surface area contributed by atoms with Crippen LogP contribution in [0.3, 0.4) is 0 Å². The Hall–Kier alpha value is -3.14. The second kappa shape index (κ2) is 8.08. The zero-order chi connectivity index (χ0) is 21.2. The monoisotopic (exact) mass is 396 g/mol. The number of ether oxygens (including phenoxy) is 1. The number of piperidine rings is 1. The summed E-state index contributed by atoms with van der Waals surface area (Å²) in [6, 6.07) is 4.67. The lowest BCUT2D eigenvalue weighted by atomic mass is 10.0. The lowest BCUT2D eigenvalue weighted by Gasteiger charge is -2.29. The molecule has 0 aliphatic carbocycles. The van der Waals surface area contributed by atoms with Gasteiger partial charge in [0.15, 0.2) is 0 Å². The minimum atomic E-state index is -0.629. The van der Waals surface area contributed by atoms with Gasteiger partial charge in [-0.15, -0.1) is 0 Å². The number of amides is 3. The summed E-state index contributed by atoms with van der Waals surface area (Å²) in [7, 11) is 0. The fourth-order valence-corrected chi connectivity index (χ4v) is 3.37. The summed E-state index contributed by atoms with van der Waals surface area (Å²) >= 11 is 0. The predicted octanol–water partition coefficient (Wildman–Crippen LogP) is 1.92. The molecule has 0 saturated carbocycles. The molecule has 1 N–H and O–H groups in total. The number of hydrogen-bond acceptors (Lipinski definition) is 5. The Morgan fingerprint density at radius 1 is 1.28 bits per heavy atom. The fraction of sp³-hybridized carbons (Fsp3) is 0.455. The van der Waals surface area contributed by atoms with E-state index < -0.39 is 17.6 Å². The molecular formula is C22H24N2O5. The van der Waals surface area contributed by atoms with Crippen molar-refractivity contribution in [1.29, 1.82) is 0 Å². The van der Waals surface area contributed by atoms with Crippen LogP contribution in [0.5, 0.6) is 0 Å². The average Bonchev–Trinajstić information content (AvgIpc) is 2.93. The number of nitrogens with one attached hydrogen (secondary N) is 1. The summed E-state index contributed by atoms with van der Waals surface area (Å²) in [5.41, 5.74) is 1.59. The molecule has 1 aromatic carbocycles. The molecule has 0 radical (unpaired) electrons. The Morgan fingerprint density at radius 2 is 2.03 bits per heavy atom. The largest absolute Gasteiger partial charge is 0.460 e. The molecule has 3 rings (SSSR count). The van der Waals surface area contributed by atoms with E-state index in [0.717, 1.165) is 11.1 Å². The van der Waals surface area contributed by atoms with Crippen LogP contribution < -0.4 is 5.32 Å². The molecule has 1 saturated heterocycles. The molecule has 1 unspecified atom stereocenters. The van der Waals surface area contributed by atoms with Gasteiger partial charge < -0.3 is 9.64 Å². The van der Waals surface area contributed by atoms with Gasteiger partial charge in [-0.1, -0.05) is 11.8 Å². The van der Waals surface area contributed by atoms with Crippen molar-refractivity contribution in [2.45, 2.75) is 64.6 Å². The van der Waals surface area contributed by atoms with E-state index >= 15 is 0 Å². The Bertz CT molecular complexity index is 933. The number of benzene rings is 1. The lowest BCUT2D eigenvalue weighted by Crippen LogP contribution is -2.52. The SMILES string of the molecule is CC(C)(C)OC(=O)CCC#Cc1ccc2c(c1)CN(C1CCC(=O)NC1=O)C2=O. The smallest absolute Gasteiger partial charge is 0.307 e. The van der Waals surface area contributed by atoms with E-state index in [4.69, 9.17) is 4.74 Å². The van der Waals surface area contributed by atoms with Crippen LogP contribution in [0.15, 0.2) is 18.2 Å². The highest BCUT2D eigenvalue weighted by atomic mass is 16.6. The van der Waals surface area contributed by atoms with Crippen molar-refractivity contribution >= 4 is 23.7 Å². The van der Waals surface area contributed by atoms with Gasteiger partial charge in [0.05, 0.1) is 6.42 Å². The minimum absolute atomic E-state index is 0.209. The van der Waals surface area contributed by atoms with E-state index in [2.05, 4.69) is 17.2 Å². The molecule has 0 aromatic heterocycles. The third-order valence-electron chi connectivity index (χ3n) is 4.63. The molecule has 3 amide bonds. The Labute approximate surface area is 169 Å². The molecular weight excluding hydrogens is 372 g/mol. The van der Waals surface area contributed by atoms with Crippen molar-refractivity contribution in [3.05, 3.63) is 34.9 Å². The van der Waals surface area contributed by atoms with Crippen molar-refractivity contribution in [3.8, 4) is 11.8 Å². The van der Waals surface area contributed by atoms with Gasteiger partial charge in [-0.2, -0.15) is 0 Å². The molecule has 0 bridgehead atoms. The summed E-state index contributed by atoms with van der Waals surface area (Å²) in [4.78, 5) is 49.3. The minimum Gasteiger partial charge on any atom is -0.460 e. The Kier molecular flexibility index (Phi) is 5.73. The van der Waals surface area contributed by atoms with Gasteiger partial charge in [-0.05, 0) is 51.0 Å². The average molecular weight is 396 g/mol. The first-order valence-electron chi connectivity index (χ1n) is 9.62. The summed E-state index contributed by atoms with van der Waals surface area (Å²) in [6.45, 7) is 5.77. The van der Waals surface area contributed by atoms with Crippen LogP contribution in [-0.2, 0) is 25.7 Å². The van der Waals surface area contributed by atoms with E-state index in [1.54, 1.807) is 12.1 Å². The summed E-state index contributed by atoms with van der Waals surface area (Å²) in [5.74, 6) is 4.73. The van der Waals surface area contributed by atoms with E-state index in [1.165, 1.54) is 4.90 Å². The third-order valence-corrected chi connectivity index (χ3v) is 4.63. The van der Waals surface area contributed by atoms with Gasteiger partial charge >= 0.3 is 5.97 Å². The van der Waals surface area contributed by atoms with Crippen LogP contribution in [-0.4, -0.2) is 40.2 Å². The molecule has 0 spiro atoms. The highest BCUT2D eigenvalue weighted by Crippen LogP contribution is 2.28. The molecule has 1 atom stereocenters. The zero-order valence-electron chi connectivity index (χ0n) is 16.8. The number of nitrogens with zero attached hydrogens (tertiary/aromatic N) is 1. The molecule has 2 heterocycles. The first-order valence-corrected chi connectivity index (χ1v) is 9.62. The van der Waals surface area contributed by atoms with Crippen molar-refractivity contribution in [1.82, 2.24) is 10.2 Å². The van der Waals surface area contributed by atoms with E-state index in [9.17, 15) is 19.2 Å². The number of carbonyl (C=O) groups excluding carboxylic acids is 4. The lowest BCUT2D eigenvalue weighted by molar-refractivity contribution is -0.154. The van der Waals surface area contributed by atoms with Crippen molar-refractivity contribution in [2.75, 3.05) is 0 Å². The number of fused-ring (bicyclic) bond motifs is 1. The van der Waals surface area contributed by atoms with Gasteiger partial charge in [0.2, 0.25) is 11.8 Å². The highest BCUT2D eigenvalue weighted by molar-refractivity contribution is 6.05. The van der Waals surface area contributed by atoms with Crippen LogP contribution in [0, 0.1) is 11.8 Å². The highest BCUT2D eigenvalue weighted by Gasteiger charge is 2.38. The second-order valence-corrected chi connectivity index (χ2v) is 8.16. The van der Waals surface area contributed by atoms with Crippen molar-refractivity contribution in [2.24, 2.45) is 0 Å². The molecule has 1 fully saturated rings. The zero-order valence-corrected chi connectivity index (χ0v) is 16.8. The van der Waals surface area contributed by atoms with Crippen LogP contribution in [0.25, 0.3) is 0 Å². The Morgan fingerprint density at radius 3 is 2.72 bits per heavy atom. The quantitative estimate of drug-likeness (QED) is 0.479. The van der Waals surface area contributed by atoms with Gasteiger partial charge in [0.1, 0.15) is 11.6 Å². The molecule has 2 aliphatic heterocycles. The predicted molar refractivity (Wildman–Crippen MR) is 104 cm³/mol. The van der Waals surface area contributed by atoms with Crippen molar-refractivity contribution in [3.63, 3.8) is 0 Å². The maximum absolute atomic E-state index is 12.7. The summed E-state index contributed by atoms with van der Waals surface area (Å²) in [5, 5.41) is 2.29. The van der Waals surface area contributed by atoms with E-state index in [-0.39, 0.29) is 30.6 Å². The number of imide groups is 1. The van der Waals surface area contributed by atoms with Crippen LogP contribution in [0.4, 0.5) is 0 Å². The number of rotatable bonds is 3. The summed E-state index contributed by atoms with van der Waals surface area (Å²) < 4.78 is 5.24. The molecule has 2 aliphatic rings. The fourth-order valence-electron chi connectivity index (χ4n) is 3.37. The van der Waals surface area contributed by atoms with Crippen molar-refractivity contribution < 1.29 is 23.9 Å². The molecule has 152 valence electrons. The van der Waals surface area contributed by atoms with Crippen LogP contribution >= 0.6 is 0 Å². The number of hydrogen-bond donors (Lipinski definition) is 1. The number of esters is 1. The topological polar surface area (TPSA) is 92.8 Å². The third kappa shape index (κ3) is 5.02. The standard InChI is InChI=1S/C22H24N2O5/c1-22(2,3)29-19(26)7-5-4-6-14-8-9-16-15(12-14)13-24(21(16)28)17-10-11-18(25)23-20(17)27/h8-9,12,17H,5,7,10-11,13H2,1-3H3,(H,23,25,27). The number of carbonyl (C=O) groups is 4. The molecule has 7 nitrogen and oxygen atoms in total. The van der Waals surface area contributed by atoms with Gasteiger partial charge in [0, 0.05) is 30.5 Å². The molecule has 7 heteroatoms. The Balaban J connectivity index is 1.62. The molecule has 1 aromatic rings. The second-order valence-electron chi connectivity index (χ2n) is 8.16. The maximum atomic E-state index is 12.7. The maximum Gasteiger partial charge on any atom is 0.307 e. The molecule has 29 heavy (non-hydrogen) atoms. The van der Waals surface area contributed by atoms with Crippen LogP contribution in [0.2, 0.25) is 0 Å². The van der Waals surface area contributed by atoms with Gasteiger partial charge in [-0.3, -0.25) is 24.5 Å². The van der Waals surface area contributed by atoms with E-state index in [1.807, 2.05) is 26.8 Å². The first kappa shape index (κ1) is 20.6. The summed E-state index contributed by atoms with van der Waals surface area (Å²) in [6.07, 6.45) is 1.16. The van der Waals surface area contributed by atoms with E-state index in [0.29, 0.717) is 24.9 Å².